The van der Waals surface area contributed by atoms with Gasteiger partial charge in [0, 0.05) is 60.7 Å². The lowest BCUT2D eigenvalue weighted by molar-refractivity contribution is -0.136. The van der Waals surface area contributed by atoms with Crippen molar-refractivity contribution in [2.45, 2.75) is 6.92 Å². The van der Waals surface area contributed by atoms with Gasteiger partial charge in [0.15, 0.2) is 0 Å². The van der Waals surface area contributed by atoms with Gasteiger partial charge in [-0.3, -0.25) is 14.5 Å². The van der Waals surface area contributed by atoms with E-state index in [0.29, 0.717) is 23.8 Å². The fraction of sp³-hybridized carbons (Fsp3) is 0.333. The van der Waals surface area contributed by atoms with Crippen LogP contribution in [0.2, 0.25) is 10.0 Å². The molecule has 154 valence electrons. The van der Waals surface area contributed by atoms with Gasteiger partial charge in [0.2, 0.25) is 0 Å². The van der Waals surface area contributed by atoms with Crippen LogP contribution >= 0.6 is 23.2 Å². The van der Waals surface area contributed by atoms with E-state index in [4.69, 9.17) is 23.2 Å². The number of benzene rings is 2. The minimum Gasteiger partial charge on any atom is -0.369 e. The van der Waals surface area contributed by atoms with Crippen LogP contribution in [0.5, 0.6) is 0 Å². The van der Waals surface area contributed by atoms with Gasteiger partial charge in [-0.1, -0.05) is 29.3 Å². The third-order valence-electron chi connectivity index (χ3n) is 5.00. The molecule has 2 N–H and O–H groups in total. The van der Waals surface area contributed by atoms with Crippen molar-refractivity contribution in [2.75, 3.05) is 49.5 Å². The number of anilines is 2. The van der Waals surface area contributed by atoms with E-state index in [1.54, 1.807) is 25.1 Å². The summed E-state index contributed by atoms with van der Waals surface area (Å²) < 4.78 is 0. The molecule has 1 fully saturated rings. The van der Waals surface area contributed by atoms with Crippen molar-refractivity contribution in [3.8, 4) is 0 Å². The van der Waals surface area contributed by atoms with Gasteiger partial charge in [-0.2, -0.15) is 0 Å². The number of amides is 2. The molecule has 2 aromatic rings. The fourth-order valence-corrected chi connectivity index (χ4v) is 3.51. The highest BCUT2D eigenvalue weighted by Crippen LogP contribution is 2.23. The Morgan fingerprint density at radius 2 is 1.66 bits per heavy atom. The summed E-state index contributed by atoms with van der Waals surface area (Å²) in [5, 5.41) is 6.56. The van der Waals surface area contributed by atoms with E-state index in [1.807, 2.05) is 24.3 Å². The van der Waals surface area contributed by atoms with Gasteiger partial charge >= 0.3 is 11.8 Å². The van der Waals surface area contributed by atoms with Crippen molar-refractivity contribution in [1.29, 1.82) is 0 Å². The summed E-state index contributed by atoms with van der Waals surface area (Å²) in [4.78, 5) is 28.7. The Morgan fingerprint density at radius 3 is 2.34 bits per heavy atom. The second kappa shape index (κ2) is 9.96. The first-order chi connectivity index (χ1) is 13.9. The highest BCUT2D eigenvalue weighted by molar-refractivity contribution is 6.40. The predicted molar refractivity (Wildman–Crippen MR) is 118 cm³/mol. The molecule has 0 atom stereocenters. The molecule has 0 saturated carbocycles. The molecular formula is C21H24Cl2N4O2. The van der Waals surface area contributed by atoms with E-state index >= 15 is 0 Å². The third-order valence-corrected chi connectivity index (χ3v) is 5.66. The van der Waals surface area contributed by atoms with E-state index in [1.165, 1.54) is 0 Å². The average molecular weight is 435 g/mol. The largest absolute Gasteiger partial charge is 0.369 e. The van der Waals surface area contributed by atoms with E-state index in [2.05, 4.69) is 20.4 Å². The van der Waals surface area contributed by atoms with Crippen molar-refractivity contribution in [2.24, 2.45) is 0 Å². The summed E-state index contributed by atoms with van der Waals surface area (Å²) in [6, 6.07) is 13.0. The van der Waals surface area contributed by atoms with Crippen molar-refractivity contribution < 1.29 is 9.59 Å². The Kier molecular flexibility index (Phi) is 7.36. The zero-order chi connectivity index (χ0) is 20.8. The number of nitrogens with one attached hydrogen (secondary N) is 2. The second-order valence-electron chi connectivity index (χ2n) is 6.93. The first kappa shape index (κ1) is 21.4. The highest BCUT2D eigenvalue weighted by atomic mass is 35.5. The summed E-state index contributed by atoms with van der Waals surface area (Å²) in [6.07, 6.45) is 0. The van der Waals surface area contributed by atoms with Gasteiger partial charge in [0.1, 0.15) is 0 Å². The van der Waals surface area contributed by atoms with Gasteiger partial charge in [-0.25, -0.2) is 0 Å². The van der Waals surface area contributed by atoms with Gasteiger partial charge in [0.05, 0.1) is 0 Å². The van der Waals surface area contributed by atoms with Crippen LogP contribution in [0.1, 0.15) is 5.56 Å². The Bertz CT molecular complexity index is 865. The zero-order valence-corrected chi connectivity index (χ0v) is 17.8. The quantitative estimate of drug-likeness (QED) is 0.709. The number of hydrogen-bond donors (Lipinski definition) is 2. The normalized spacial score (nSPS) is 14.5. The molecule has 1 aliphatic rings. The summed E-state index contributed by atoms with van der Waals surface area (Å²) in [5.74, 6) is -1.34. The van der Waals surface area contributed by atoms with E-state index in [-0.39, 0.29) is 0 Å². The smallest absolute Gasteiger partial charge is 0.313 e. The summed E-state index contributed by atoms with van der Waals surface area (Å²) >= 11 is 12.0. The van der Waals surface area contributed by atoms with Crippen LogP contribution in [0.3, 0.4) is 0 Å². The second-order valence-corrected chi connectivity index (χ2v) is 7.77. The first-order valence-corrected chi connectivity index (χ1v) is 10.3. The molecule has 0 unspecified atom stereocenters. The molecule has 0 aromatic heterocycles. The fourth-order valence-electron chi connectivity index (χ4n) is 3.21. The highest BCUT2D eigenvalue weighted by Gasteiger charge is 2.18. The molecule has 1 saturated heterocycles. The van der Waals surface area contributed by atoms with Crippen LogP contribution in [0.15, 0.2) is 42.5 Å². The number of hydrogen-bond acceptors (Lipinski definition) is 4. The molecular weight excluding hydrogens is 411 g/mol. The van der Waals surface area contributed by atoms with Crippen LogP contribution in [-0.2, 0) is 9.59 Å². The molecule has 1 aliphatic heterocycles. The molecule has 0 spiro atoms. The maximum atomic E-state index is 12.1. The van der Waals surface area contributed by atoms with Crippen molar-refractivity contribution in [3.05, 3.63) is 58.1 Å². The average Bonchev–Trinajstić information content (AvgIpc) is 2.72. The minimum absolute atomic E-state index is 0.418. The van der Waals surface area contributed by atoms with E-state index in [9.17, 15) is 9.59 Å². The van der Waals surface area contributed by atoms with Crippen LogP contribution in [0, 0.1) is 6.92 Å². The van der Waals surface area contributed by atoms with Crippen molar-refractivity contribution >= 4 is 46.4 Å². The van der Waals surface area contributed by atoms with Crippen LogP contribution in [-0.4, -0.2) is 56.0 Å². The number of nitrogens with zero attached hydrogens (tertiary/aromatic N) is 2. The summed E-state index contributed by atoms with van der Waals surface area (Å²) in [5.41, 5.74) is 2.43. The maximum Gasteiger partial charge on any atom is 0.313 e. The Balaban J connectivity index is 1.39. The number of carbonyl (C=O) groups excluding carboxylic acids is 2. The lowest BCUT2D eigenvalue weighted by Crippen LogP contribution is -2.49. The monoisotopic (exact) mass is 434 g/mol. The third kappa shape index (κ3) is 5.85. The molecule has 0 aliphatic carbocycles. The number of carbonyl (C=O) groups is 2. The maximum absolute atomic E-state index is 12.1. The SMILES string of the molecule is Cc1c(Cl)cccc1NC(=O)C(=O)NCCN1CCN(c2ccc(Cl)cc2)CC1. The summed E-state index contributed by atoms with van der Waals surface area (Å²) in [6.45, 7) is 6.51. The molecule has 0 bridgehead atoms. The molecule has 29 heavy (non-hydrogen) atoms. The van der Waals surface area contributed by atoms with Gasteiger partial charge < -0.3 is 15.5 Å². The Hall–Kier alpha value is -2.28. The summed E-state index contributed by atoms with van der Waals surface area (Å²) in [7, 11) is 0. The molecule has 2 aromatic carbocycles. The molecule has 6 nitrogen and oxygen atoms in total. The lowest BCUT2D eigenvalue weighted by atomic mass is 10.2. The number of halogens is 2. The van der Waals surface area contributed by atoms with Gasteiger partial charge in [-0.05, 0) is 48.9 Å². The Morgan fingerprint density at radius 1 is 0.966 bits per heavy atom. The molecule has 2 amide bonds. The van der Waals surface area contributed by atoms with Gasteiger partial charge in [0.25, 0.3) is 0 Å². The molecule has 0 radical (unpaired) electrons. The van der Waals surface area contributed by atoms with Crippen molar-refractivity contribution in [3.63, 3.8) is 0 Å². The van der Waals surface area contributed by atoms with Crippen LogP contribution in [0.4, 0.5) is 11.4 Å². The molecule has 8 heteroatoms. The Labute approximate surface area is 180 Å². The van der Waals surface area contributed by atoms with E-state index in [0.717, 1.165) is 42.5 Å². The van der Waals surface area contributed by atoms with Crippen LogP contribution < -0.4 is 15.5 Å². The lowest BCUT2D eigenvalue weighted by Gasteiger charge is -2.36. The number of rotatable bonds is 5. The molecule has 1 heterocycles. The first-order valence-electron chi connectivity index (χ1n) is 9.51. The minimum atomic E-state index is -0.692. The van der Waals surface area contributed by atoms with E-state index < -0.39 is 11.8 Å². The zero-order valence-electron chi connectivity index (χ0n) is 16.3. The molecule has 3 rings (SSSR count). The predicted octanol–water partition coefficient (Wildman–Crippen LogP) is 3.18. The topological polar surface area (TPSA) is 64.7 Å². The number of piperazine rings is 1. The van der Waals surface area contributed by atoms with Gasteiger partial charge in [-0.15, -0.1) is 0 Å². The van der Waals surface area contributed by atoms with Crippen molar-refractivity contribution in [1.82, 2.24) is 10.2 Å². The van der Waals surface area contributed by atoms with Crippen LogP contribution in [0.25, 0.3) is 0 Å². The standard InChI is InChI=1S/C21H24Cl2N4O2/c1-15-18(23)3-2-4-19(15)25-21(29)20(28)24-9-10-26-11-13-27(14-12-26)17-7-5-16(22)6-8-17/h2-8H,9-14H2,1H3,(H,24,28)(H,25,29).